The van der Waals surface area contributed by atoms with E-state index >= 15 is 0 Å². The Labute approximate surface area is 76.9 Å². The van der Waals surface area contributed by atoms with Gasteiger partial charge in [0.05, 0.1) is 0 Å². The highest BCUT2D eigenvalue weighted by Crippen LogP contribution is 2.38. The van der Waals surface area contributed by atoms with E-state index in [1.807, 2.05) is 0 Å². The minimum absolute atomic E-state index is 0.467. The van der Waals surface area contributed by atoms with E-state index in [4.69, 9.17) is 0 Å². The van der Waals surface area contributed by atoms with E-state index in [-0.39, 0.29) is 0 Å². The average Bonchev–Trinajstić information content (AvgIpc) is 1.95. The molecule has 0 aromatic carbocycles. The Morgan fingerprint density at radius 1 is 1.42 bits per heavy atom. The second kappa shape index (κ2) is 3.02. The molecule has 1 nitrogen and oxygen atoms in total. The molecule has 0 radical (unpaired) electrons. The van der Waals surface area contributed by atoms with Gasteiger partial charge in [-0.05, 0) is 23.7 Å². The quantitative estimate of drug-likeness (QED) is 0.670. The Morgan fingerprint density at radius 3 is 2.25 bits per heavy atom. The van der Waals surface area contributed by atoms with Crippen LogP contribution in [0.3, 0.4) is 0 Å². The fraction of sp³-hybridized carbons (Fsp3) is 1.00. The summed E-state index contributed by atoms with van der Waals surface area (Å²) in [6.45, 7) is 12.9. The third kappa shape index (κ3) is 2.01. The topological polar surface area (TPSA) is 12.0 Å². The first-order valence-electron chi connectivity index (χ1n) is 5.11. The minimum Gasteiger partial charge on any atom is -0.313 e. The van der Waals surface area contributed by atoms with Crippen molar-refractivity contribution in [3.8, 4) is 0 Å². The predicted molar refractivity (Wildman–Crippen MR) is 54.3 cm³/mol. The van der Waals surface area contributed by atoms with Gasteiger partial charge in [0.25, 0.3) is 0 Å². The molecule has 1 N–H and O–H groups in total. The Balaban J connectivity index is 2.45. The van der Waals surface area contributed by atoms with Gasteiger partial charge in [-0.2, -0.15) is 0 Å². The number of nitrogens with one attached hydrogen (secondary N) is 1. The second-order valence-electron chi connectivity index (χ2n) is 5.71. The zero-order valence-electron chi connectivity index (χ0n) is 9.20. The molecule has 0 aliphatic carbocycles. The van der Waals surface area contributed by atoms with Gasteiger partial charge in [0.2, 0.25) is 0 Å². The monoisotopic (exact) mass is 169 g/mol. The third-order valence-corrected chi connectivity index (χ3v) is 3.22. The maximum atomic E-state index is 3.54. The van der Waals surface area contributed by atoms with Crippen molar-refractivity contribution in [2.24, 2.45) is 10.8 Å². The maximum Gasteiger partial charge on any atom is 0.0138 e. The number of hydrogen-bond donors (Lipinski definition) is 1. The van der Waals surface area contributed by atoms with Gasteiger partial charge in [-0.1, -0.05) is 34.6 Å². The molecule has 0 aromatic rings. The lowest BCUT2D eigenvalue weighted by Gasteiger charge is -2.50. The van der Waals surface area contributed by atoms with E-state index < -0.39 is 0 Å². The van der Waals surface area contributed by atoms with Crippen molar-refractivity contribution in [3.63, 3.8) is 0 Å². The highest BCUT2D eigenvalue weighted by atomic mass is 15.0. The molecule has 1 aliphatic heterocycles. The van der Waals surface area contributed by atoms with Gasteiger partial charge >= 0.3 is 0 Å². The summed E-state index contributed by atoms with van der Waals surface area (Å²) in [6, 6.07) is 0.752. The number of hydrogen-bond acceptors (Lipinski definition) is 1. The first-order valence-corrected chi connectivity index (χ1v) is 5.11. The fourth-order valence-electron chi connectivity index (χ4n) is 1.90. The van der Waals surface area contributed by atoms with Gasteiger partial charge < -0.3 is 5.32 Å². The van der Waals surface area contributed by atoms with Gasteiger partial charge in [-0.3, -0.25) is 0 Å². The van der Waals surface area contributed by atoms with Crippen LogP contribution < -0.4 is 5.32 Å². The van der Waals surface area contributed by atoms with Crippen LogP contribution >= 0.6 is 0 Å². The number of rotatable bonds is 2. The molecule has 2 unspecified atom stereocenters. The summed E-state index contributed by atoms with van der Waals surface area (Å²) >= 11 is 0. The predicted octanol–water partition coefficient (Wildman–Crippen LogP) is 2.81. The van der Waals surface area contributed by atoms with Crippen LogP contribution in [0, 0.1) is 10.8 Å². The highest BCUT2D eigenvalue weighted by molar-refractivity contribution is 4.99. The molecule has 0 bridgehead atoms. The van der Waals surface area contributed by atoms with E-state index in [2.05, 4.69) is 39.9 Å². The van der Waals surface area contributed by atoms with Crippen LogP contribution in [0.2, 0.25) is 0 Å². The Hall–Kier alpha value is -0.0400. The molecule has 0 saturated carbocycles. The molecule has 1 heterocycles. The van der Waals surface area contributed by atoms with Crippen molar-refractivity contribution in [2.75, 3.05) is 6.54 Å². The van der Waals surface area contributed by atoms with Gasteiger partial charge in [-0.25, -0.2) is 0 Å². The van der Waals surface area contributed by atoms with Crippen molar-refractivity contribution < 1.29 is 0 Å². The Morgan fingerprint density at radius 2 is 2.00 bits per heavy atom. The summed E-state index contributed by atoms with van der Waals surface area (Å²) in [7, 11) is 0. The average molecular weight is 169 g/mol. The molecule has 0 amide bonds. The van der Waals surface area contributed by atoms with Crippen molar-refractivity contribution in [1.29, 1.82) is 0 Å². The van der Waals surface area contributed by atoms with Crippen LogP contribution in [0.15, 0.2) is 0 Å². The molecule has 1 aliphatic rings. The van der Waals surface area contributed by atoms with Crippen LogP contribution in [0.1, 0.15) is 47.5 Å². The van der Waals surface area contributed by atoms with E-state index in [9.17, 15) is 0 Å². The fourth-order valence-corrected chi connectivity index (χ4v) is 1.90. The molecular formula is C11H23N. The Kier molecular flexibility index (Phi) is 2.53. The zero-order chi connectivity index (χ0) is 9.41. The first kappa shape index (κ1) is 10.0. The molecular weight excluding hydrogens is 146 g/mol. The van der Waals surface area contributed by atoms with Crippen LogP contribution in [0.5, 0.6) is 0 Å². The lowest BCUT2D eigenvalue weighted by molar-refractivity contribution is 0.0651. The second-order valence-corrected chi connectivity index (χ2v) is 5.71. The summed E-state index contributed by atoms with van der Waals surface area (Å²) in [5, 5.41) is 3.54. The first-order chi connectivity index (χ1) is 5.37. The van der Waals surface area contributed by atoms with Gasteiger partial charge in [0.1, 0.15) is 0 Å². The molecule has 1 heteroatoms. The summed E-state index contributed by atoms with van der Waals surface area (Å²) in [6.07, 6.45) is 2.61. The van der Waals surface area contributed by atoms with Crippen molar-refractivity contribution in [2.45, 2.75) is 53.5 Å². The van der Waals surface area contributed by atoms with Crippen LogP contribution in [-0.2, 0) is 0 Å². The molecule has 1 saturated heterocycles. The molecule has 0 aromatic heterocycles. The normalized spacial score (nSPS) is 36.2. The van der Waals surface area contributed by atoms with Crippen molar-refractivity contribution >= 4 is 0 Å². The van der Waals surface area contributed by atoms with Gasteiger partial charge in [0, 0.05) is 12.6 Å². The minimum atomic E-state index is 0.467. The molecule has 72 valence electrons. The summed E-state index contributed by atoms with van der Waals surface area (Å²) < 4.78 is 0. The molecule has 12 heavy (non-hydrogen) atoms. The van der Waals surface area contributed by atoms with Crippen LogP contribution in [-0.4, -0.2) is 12.6 Å². The lowest BCUT2D eigenvalue weighted by Crippen LogP contribution is -2.61. The molecule has 1 fully saturated rings. The standard InChI is InChI=1S/C11H23N/c1-6-11(5)8-12-9(11)7-10(2,3)4/h9,12H,6-8H2,1-5H3. The van der Waals surface area contributed by atoms with E-state index in [0.29, 0.717) is 10.8 Å². The highest BCUT2D eigenvalue weighted by Gasteiger charge is 2.42. The Bertz CT molecular complexity index is 153. The van der Waals surface area contributed by atoms with Gasteiger partial charge in [-0.15, -0.1) is 0 Å². The van der Waals surface area contributed by atoms with E-state index in [1.165, 1.54) is 19.4 Å². The molecule has 2 atom stereocenters. The third-order valence-electron chi connectivity index (χ3n) is 3.22. The molecule has 0 spiro atoms. The van der Waals surface area contributed by atoms with Gasteiger partial charge in [0.15, 0.2) is 0 Å². The van der Waals surface area contributed by atoms with Crippen molar-refractivity contribution in [3.05, 3.63) is 0 Å². The molecule has 1 rings (SSSR count). The van der Waals surface area contributed by atoms with E-state index in [1.54, 1.807) is 0 Å². The van der Waals surface area contributed by atoms with Crippen LogP contribution in [0.4, 0.5) is 0 Å². The summed E-state index contributed by atoms with van der Waals surface area (Å²) in [5.74, 6) is 0. The maximum absolute atomic E-state index is 3.54. The smallest absolute Gasteiger partial charge is 0.0138 e. The zero-order valence-corrected chi connectivity index (χ0v) is 9.20. The van der Waals surface area contributed by atoms with Crippen molar-refractivity contribution in [1.82, 2.24) is 5.32 Å². The van der Waals surface area contributed by atoms with Crippen LogP contribution in [0.25, 0.3) is 0 Å². The largest absolute Gasteiger partial charge is 0.313 e. The summed E-state index contributed by atoms with van der Waals surface area (Å²) in [4.78, 5) is 0. The SMILES string of the molecule is CCC1(C)CNC1CC(C)(C)C. The summed E-state index contributed by atoms with van der Waals surface area (Å²) in [5.41, 5.74) is 1.04. The van der Waals surface area contributed by atoms with E-state index in [0.717, 1.165) is 6.04 Å². The lowest BCUT2D eigenvalue weighted by atomic mass is 9.68.